The van der Waals surface area contributed by atoms with Gasteiger partial charge in [-0.2, -0.15) is 8.42 Å². The minimum absolute atomic E-state index is 0.246. The van der Waals surface area contributed by atoms with Crippen molar-refractivity contribution in [2.24, 2.45) is 11.8 Å². The highest BCUT2D eigenvalue weighted by Crippen LogP contribution is 2.17. The Bertz CT molecular complexity index is 507. The monoisotopic (exact) mass is 546 g/mol. The molecular formula is C32H66O4S. The van der Waals surface area contributed by atoms with Gasteiger partial charge in [-0.15, -0.1) is 0 Å². The van der Waals surface area contributed by atoms with E-state index in [1.165, 1.54) is 116 Å². The van der Waals surface area contributed by atoms with Gasteiger partial charge in [0.15, 0.2) is 0 Å². The van der Waals surface area contributed by atoms with Gasteiger partial charge in [0, 0.05) is 0 Å². The second kappa shape index (κ2) is 27.4. The second-order valence-electron chi connectivity index (χ2n) is 11.7. The third kappa shape index (κ3) is 28.7. The Morgan fingerprint density at radius 3 is 0.946 bits per heavy atom. The fourth-order valence-corrected chi connectivity index (χ4v) is 5.49. The zero-order chi connectivity index (χ0) is 27.5. The molecule has 0 radical (unpaired) electrons. The van der Waals surface area contributed by atoms with Gasteiger partial charge in [-0.3, -0.25) is 0 Å². The SMILES string of the molecule is CCC(C)CCCCCCCCCCCCOS(=O)(=O)OCCCCCCCCCCCCC(C)CC. The molecule has 0 spiro atoms. The summed E-state index contributed by atoms with van der Waals surface area (Å²) in [7, 11) is -3.82. The Morgan fingerprint density at radius 2 is 0.676 bits per heavy atom. The fourth-order valence-electron chi connectivity index (χ4n) is 4.78. The standard InChI is InChI=1S/C32H66O4S/c1-5-31(3)27-23-19-15-11-7-9-13-17-21-25-29-35-37(33,34)36-30-26-22-18-14-10-8-12-16-20-24-28-32(4)6-2/h31-32H,5-30H2,1-4H3. The van der Waals surface area contributed by atoms with E-state index in [0.29, 0.717) is 0 Å². The number of rotatable bonds is 30. The average molecular weight is 547 g/mol. The topological polar surface area (TPSA) is 52.6 Å². The van der Waals surface area contributed by atoms with E-state index in [0.717, 1.165) is 50.4 Å². The van der Waals surface area contributed by atoms with Gasteiger partial charge < -0.3 is 0 Å². The number of hydrogen-bond donors (Lipinski definition) is 0. The summed E-state index contributed by atoms with van der Waals surface area (Å²) in [6, 6.07) is 0. The zero-order valence-electron chi connectivity index (χ0n) is 25.6. The Balaban J connectivity index is 3.33. The molecule has 0 N–H and O–H groups in total. The summed E-state index contributed by atoms with van der Waals surface area (Å²) in [5.41, 5.74) is 0. The Morgan fingerprint density at radius 1 is 0.432 bits per heavy atom. The maximum Gasteiger partial charge on any atom is 0.399 e. The van der Waals surface area contributed by atoms with E-state index in [-0.39, 0.29) is 13.2 Å². The molecule has 2 atom stereocenters. The van der Waals surface area contributed by atoms with Crippen LogP contribution in [0.4, 0.5) is 0 Å². The van der Waals surface area contributed by atoms with Crippen LogP contribution in [0.25, 0.3) is 0 Å². The lowest BCUT2D eigenvalue weighted by atomic mass is 9.99. The first-order valence-electron chi connectivity index (χ1n) is 16.4. The van der Waals surface area contributed by atoms with Crippen molar-refractivity contribution in [3.05, 3.63) is 0 Å². The first-order chi connectivity index (χ1) is 17.9. The van der Waals surface area contributed by atoms with E-state index in [2.05, 4.69) is 27.7 Å². The molecule has 0 amide bonds. The number of hydrogen-bond acceptors (Lipinski definition) is 4. The third-order valence-electron chi connectivity index (χ3n) is 8.03. The molecule has 0 aromatic heterocycles. The Hall–Kier alpha value is -0.130. The van der Waals surface area contributed by atoms with Crippen LogP contribution in [-0.2, 0) is 18.8 Å². The molecule has 5 heteroatoms. The van der Waals surface area contributed by atoms with Gasteiger partial charge in [0.25, 0.3) is 0 Å². The summed E-state index contributed by atoms with van der Waals surface area (Å²) in [5, 5.41) is 0. The molecule has 0 aliphatic rings. The van der Waals surface area contributed by atoms with E-state index in [4.69, 9.17) is 8.37 Å². The van der Waals surface area contributed by atoms with E-state index in [1.54, 1.807) is 0 Å². The van der Waals surface area contributed by atoms with Gasteiger partial charge in [0.1, 0.15) is 0 Å². The van der Waals surface area contributed by atoms with Crippen LogP contribution in [0.5, 0.6) is 0 Å². The van der Waals surface area contributed by atoms with Gasteiger partial charge in [0.05, 0.1) is 13.2 Å². The van der Waals surface area contributed by atoms with Crippen molar-refractivity contribution < 1.29 is 16.8 Å². The van der Waals surface area contributed by atoms with Gasteiger partial charge in [0.2, 0.25) is 0 Å². The van der Waals surface area contributed by atoms with Crippen LogP contribution >= 0.6 is 0 Å². The van der Waals surface area contributed by atoms with Crippen molar-refractivity contribution in [3.63, 3.8) is 0 Å². The van der Waals surface area contributed by atoms with Crippen molar-refractivity contribution in [1.82, 2.24) is 0 Å². The van der Waals surface area contributed by atoms with Crippen LogP contribution in [0.2, 0.25) is 0 Å². The molecule has 0 saturated heterocycles. The van der Waals surface area contributed by atoms with Gasteiger partial charge >= 0.3 is 10.4 Å². The smallest absolute Gasteiger partial charge is 0.248 e. The second-order valence-corrected chi connectivity index (χ2v) is 13.0. The van der Waals surface area contributed by atoms with Gasteiger partial charge in [-0.25, -0.2) is 8.37 Å². The molecular weight excluding hydrogens is 480 g/mol. The molecule has 0 heterocycles. The van der Waals surface area contributed by atoms with Crippen LogP contribution in [0.1, 0.15) is 182 Å². The maximum atomic E-state index is 11.9. The van der Waals surface area contributed by atoms with Crippen LogP contribution in [0.3, 0.4) is 0 Å². The van der Waals surface area contributed by atoms with E-state index in [1.807, 2.05) is 0 Å². The molecule has 0 aliphatic carbocycles. The predicted molar refractivity (Wildman–Crippen MR) is 161 cm³/mol. The Kier molecular flexibility index (Phi) is 27.3. The third-order valence-corrected chi connectivity index (χ3v) is 8.94. The molecule has 0 aliphatic heterocycles. The first kappa shape index (κ1) is 36.9. The highest BCUT2D eigenvalue weighted by atomic mass is 32.3. The Labute approximate surface area is 233 Å². The summed E-state index contributed by atoms with van der Waals surface area (Å²) in [5.74, 6) is 1.78. The van der Waals surface area contributed by atoms with Crippen LogP contribution in [0.15, 0.2) is 0 Å². The predicted octanol–water partition coefficient (Wildman–Crippen LogP) is 10.9. The normalized spacial score (nSPS) is 13.7. The molecule has 224 valence electrons. The molecule has 0 bridgehead atoms. The molecule has 37 heavy (non-hydrogen) atoms. The van der Waals surface area contributed by atoms with Gasteiger partial charge in [-0.05, 0) is 24.7 Å². The summed E-state index contributed by atoms with van der Waals surface area (Å²) in [6.07, 6.45) is 30.1. The summed E-state index contributed by atoms with van der Waals surface area (Å²) in [6.45, 7) is 9.77. The van der Waals surface area contributed by atoms with Gasteiger partial charge in [-0.1, -0.05) is 169 Å². The van der Waals surface area contributed by atoms with Crippen molar-refractivity contribution in [2.75, 3.05) is 13.2 Å². The number of unbranched alkanes of at least 4 members (excludes halogenated alkanes) is 18. The molecule has 4 nitrogen and oxygen atoms in total. The molecule has 0 aromatic carbocycles. The fraction of sp³-hybridized carbons (Fsp3) is 1.00. The minimum atomic E-state index is -3.82. The van der Waals surface area contributed by atoms with E-state index >= 15 is 0 Å². The minimum Gasteiger partial charge on any atom is -0.248 e. The summed E-state index contributed by atoms with van der Waals surface area (Å²) in [4.78, 5) is 0. The lowest BCUT2D eigenvalue weighted by Crippen LogP contribution is -2.12. The van der Waals surface area contributed by atoms with Crippen molar-refractivity contribution >= 4 is 10.4 Å². The molecule has 0 aromatic rings. The van der Waals surface area contributed by atoms with Crippen LogP contribution < -0.4 is 0 Å². The van der Waals surface area contributed by atoms with E-state index in [9.17, 15) is 8.42 Å². The molecule has 2 unspecified atom stereocenters. The highest BCUT2D eigenvalue weighted by Gasteiger charge is 2.11. The maximum absolute atomic E-state index is 11.9. The largest absolute Gasteiger partial charge is 0.399 e. The highest BCUT2D eigenvalue weighted by molar-refractivity contribution is 7.81. The van der Waals surface area contributed by atoms with Crippen molar-refractivity contribution in [2.45, 2.75) is 182 Å². The van der Waals surface area contributed by atoms with Crippen LogP contribution in [-0.4, -0.2) is 21.6 Å². The van der Waals surface area contributed by atoms with Crippen molar-refractivity contribution in [3.8, 4) is 0 Å². The van der Waals surface area contributed by atoms with Crippen LogP contribution in [0, 0.1) is 11.8 Å². The van der Waals surface area contributed by atoms with E-state index < -0.39 is 10.4 Å². The molecule has 0 rings (SSSR count). The van der Waals surface area contributed by atoms with Crippen molar-refractivity contribution in [1.29, 1.82) is 0 Å². The quantitative estimate of drug-likeness (QED) is 0.0841. The molecule has 0 saturated carbocycles. The lowest BCUT2D eigenvalue weighted by molar-refractivity contribution is 0.208. The lowest BCUT2D eigenvalue weighted by Gasteiger charge is -2.08. The average Bonchev–Trinajstić information content (AvgIpc) is 2.88. The summed E-state index contributed by atoms with van der Waals surface area (Å²) < 4.78 is 33.7. The molecule has 0 fully saturated rings. The first-order valence-corrected chi connectivity index (χ1v) is 17.8. The zero-order valence-corrected chi connectivity index (χ0v) is 26.4. The summed E-state index contributed by atoms with van der Waals surface area (Å²) >= 11 is 0.